The van der Waals surface area contributed by atoms with Crippen LogP contribution in [0.5, 0.6) is 5.75 Å². The molecule has 0 aliphatic rings. The van der Waals surface area contributed by atoms with E-state index in [4.69, 9.17) is 22.1 Å². The summed E-state index contributed by atoms with van der Waals surface area (Å²) in [5, 5.41) is 0.528. The fourth-order valence-corrected chi connectivity index (χ4v) is 2.04. The molecule has 5 heteroatoms. The predicted molar refractivity (Wildman–Crippen MR) is 74.8 cm³/mol. The van der Waals surface area contributed by atoms with Gasteiger partial charge in [0.1, 0.15) is 11.9 Å². The van der Waals surface area contributed by atoms with Crippen LogP contribution in [-0.4, -0.2) is 6.10 Å². The third-order valence-electron chi connectivity index (χ3n) is 2.96. The van der Waals surface area contributed by atoms with Gasteiger partial charge in [0.05, 0.1) is 6.04 Å². The summed E-state index contributed by atoms with van der Waals surface area (Å²) >= 11 is 5.85. The van der Waals surface area contributed by atoms with E-state index in [1.165, 1.54) is 12.1 Å². The van der Waals surface area contributed by atoms with Crippen molar-refractivity contribution in [1.29, 1.82) is 0 Å². The van der Waals surface area contributed by atoms with Gasteiger partial charge in [0.2, 0.25) is 0 Å². The maximum absolute atomic E-state index is 13.7. The van der Waals surface area contributed by atoms with Crippen molar-refractivity contribution in [3.8, 4) is 5.75 Å². The van der Waals surface area contributed by atoms with Crippen molar-refractivity contribution in [3.05, 3.63) is 64.7 Å². The largest absolute Gasteiger partial charge is 0.489 e. The number of hydrogen-bond donors (Lipinski definition) is 1. The highest BCUT2D eigenvalue weighted by Crippen LogP contribution is 2.24. The highest BCUT2D eigenvalue weighted by atomic mass is 35.5. The molecule has 0 heterocycles. The molecule has 0 saturated carbocycles. The van der Waals surface area contributed by atoms with Crippen LogP contribution in [0.1, 0.15) is 18.5 Å². The van der Waals surface area contributed by atoms with Crippen LogP contribution in [0, 0.1) is 11.6 Å². The summed E-state index contributed by atoms with van der Waals surface area (Å²) in [6.07, 6.45) is -0.537. The zero-order valence-electron chi connectivity index (χ0n) is 10.8. The minimum atomic E-state index is -0.943. The van der Waals surface area contributed by atoms with Gasteiger partial charge in [-0.15, -0.1) is 0 Å². The van der Waals surface area contributed by atoms with E-state index in [0.717, 1.165) is 6.07 Å². The smallest absolute Gasteiger partial charge is 0.163 e. The lowest BCUT2D eigenvalue weighted by Crippen LogP contribution is -2.29. The van der Waals surface area contributed by atoms with Crippen LogP contribution in [0.15, 0.2) is 42.5 Å². The maximum atomic E-state index is 13.7. The van der Waals surface area contributed by atoms with Gasteiger partial charge in [0.25, 0.3) is 0 Å². The Morgan fingerprint density at radius 3 is 2.55 bits per heavy atom. The first kappa shape index (κ1) is 14.8. The molecule has 2 nitrogen and oxygen atoms in total. The second kappa shape index (κ2) is 6.20. The van der Waals surface area contributed by atoms with E-state index in [9.17, 15) is 8.78 Å². The summed E-state index contributed by atoms with van der Waals surface area (Å²) in [6, 6.07) is 9.92. The zero-order chi connectivity index (χ0) is 14.7. The van der Waals surface area contributed by atoms with Gasteiger partial charge in [-0.3, -0.25) is 0 Å². The van der Waals surface area contributed by atoms with E-state index in [0.29, 0.717) is 10.8 Å². The Balaban J connectivity index is 2.16. The zero-order valence-corrected chi connectivity index (χ0v) is 11.6. The van der Waals surface area contributed by atoms with Crippen molar-refractivity contribution in [2.75, 3.05) is 0 Å². The van der Waals surface area contributed by atoms with Gasteiger partial charge in [-0.1, -0.05) is 29.8 Å². The normalized spacial score (nSPS) is 13.8. The molecule has 0 spiro atoms. The van der Waals surface area contributed by atoms with Gasteiger partial charge in [-0.2, -0.15) is 0 Å². The molecule has 0 aromatic heterocycles. The lowest BCUT2D eigenvalue weighted by molar-refractivity contribution is 0.188. The van der Waals surface area contributed by atoms with E-state index >= 15 is 0 Å². The van der Waals surface area contributed by atoms with Crippen LogP contribution in [0.25, 0.3) is 0 Å². The highest BCUT2D eigenvalue weighted by Gasteiger charge is 2.21. The number of benzene rings is 2. The monoisotopic (exact) mass is 297 g/mol. The molecular formula is C15H14ClF2NO. The molecule has 0 fully saturated rings. The van der Waals surface area contributed by atoms with Gasteiger partial charge < -0.3 is 10.5 Å². The highest BCUT2D eigenvalue weighted by molar-refractivity contribution is 6.30. The molecule has 2 aromatic rings. The summed E-state index contributed by atoms with van der Waals surface area (Å²) in [7, 11) is 0. The van der Waals surface area contributed by atoms with E-state index in [-0.39, 0.29) is 5.56 Å². The Morgan fingerprint density at radius 1 is 1.15 bits per heavy atom. The molecule has 2 rings (SSSR count). The van der Waals surface area contributed by atoms with Crippen molar-refractivity contribution < 1.29 is 13.5 Å². The average Bonchev–Trinajstić information content (AvgIpc) is 2.41. The van der Waals surface area contributed by atoms with Crippen LogP contribution in [0.2, 0.25) is 5.02 Å². The minimum Gasteiger partial charge on any atom is -0.489 e. The predicted octanol–water partition coefficient (Wildman–Crippen LogP) is 4.09. The van der Waals surface area contributed by atoms with Gasteiger partial charge in [-0.05, 0) is 31.2 Å². The van der Waals surface area contributed by atoms with Crippen LogP contribution in [0.3, 0.4) is 0 Å². The summed E-state index contributed by atoms with van der Waals surface area (Å²) in [6.45, 7) is 1.69. The molecular weight excluding hydrogens is 284 g/mol. The topological polar surface area (TPSA) is 35.2 Å². The average molecular weight is 298 g/mol. The van der Waals surface area contributed by atoms with E-state index in [2.05, 4.69) is 0 Å². The van der Waals surface area contributed by atoms with Crippen LogP contribution < -0.4 is 10.5 Å². The van der Waals surface area contributed by atoms with Crippen molar-refractivity contribution >= 4 is 11.6 Å². The number of halogens is 3. The van der Waals surface area contributed by atoms with Crippen molar-refractivity contribution in [3.63, 3.8) is 0 Å². The lowest BCUT2D eigenvalue weighted by atomic mass is 10.0. The first-order valence-corrected chi connectivity index (χ1v) is 6.48. The number of rotatable bonds is 4. The van der Waals surface area contributed by atoms with Crippen LogP contribution in [-0.2, 0) is 0 Å². The van der Waals surface area contributed by atoms with Gasteiger partial charge in [0.15, 0.2) is 11.6 Å². The van der Waals surface area contributed by atoms with Crippen LogP contribution in [0.4, 0.5) is 8.78 Å². The molecule has 0 aliphatic carbocycles. The third-order valence-corrected chi connectivity index (χ3v) is 3.20. The number of nitrogens with two attached hydrogens (primary N) is 1. The Bertz CT molecular complexity index is 606. The van der Waals surface area contributed by atoms with Gasteiger partial charge in [0, 0.05) is 10.6 Å². The molecule has 2 atom stereocenters. The van der Waals surface area contributed by atoms with Crippen molar-refractivity contribution in [2.45, 2.75) is 19.1 Å². The van der Waals surface area contributed by atoms with Crippen molar-refractivity contribution in [2.24, 2.45) is 5.73 Å². The van der Waals surface area contributed by atoms with E-state index < -0.39 is 23.8 Å². The Hall–Kier alpha value is -1.65. The second-order valence-electron chi connectivity index (χ2n) is 4.45. The fourth-order valence-electron chi connectivity index (χ4n) is 1.86. The van der Waals surface area contributed by atoms with E-state index in [1.54, 1.807) is 31.2 Å². The molecule has 0 aliphatic heterocycles. The molecule has 0 bridgehead atoms. The molecule has 2 aromatic carbocycles. The standard InChI is InChI=1S/C15H14ClF2NO/c1-9(20-11-5-2-4-10(16)8-11)15(19)12-6-3-7-13(17)14(12)18/h2-9,15H,19H2,1H3. The SMILES string of the molecule is CC(Oc1cccc(Cl)c1)C(N)c1cccc(F)c1F. The molecule has 0 radical (unpaired) electrons. The second-order valence-corrected chi connectivity index (χ2v) is 4.89. The quantitative estimate of drug-likeness (QED) is 0.922. The van der Waals surface area contributed by atoms with Crippen molar-refractivity contribution in [1.82, 2.24) is 0 Å². The summed E-state index contributed by atoms with van der Waals surface area (Å²) in [4.78, 5) is 0. The Morgan fingerprint density at radius 2 is 1.85 bits per heavy atom. The summed E-state index contributed by atoms with van der Waals surface area (Å²) in [5.41, 5.74) is 6.01. The lowest BCUT2D eigenvalue weighted by Gasteiger charge is -2.22. The summed E-state index contributed by atoms with van der Waals surface area (Å²) < 4.78 is 32.5. The minimum absolute atomic E-state index is 0.0829. The van der Waals surface area contributed by atoms with Crippen LogP contribution >= 0.6 is 11.6 Å². The Labute approximate surface area is 121 Å². The summed E-state index contributed by atoms with van der Waals surface area (Å²) in [5.74, 6) is -1.34. The first-order chi connectivity index (χ1) is 9.49. The first-order valence-electron chi connectivity index (χ1n) is 6.10. The Kier molecular flexibility index (Phi) is 4.57. The van der Waals surface area contributed by atoms with E-state index in [1.807, 2.05) is 0 Å². The number of ether oxygens (including phenoxy) is 1. The van der Waals surface area contributed by atoms with Gasteiger partial charge >= 0.3 is 0 Å². The molecule has 0 saturated heterocycles. The maximum Gasteiger partial charge on any atom is 0.163 e. The number of hydrogen-bond acceptors (Lipinski definition) is 2. The van der Waals surface area contributed by atoms with Gasteiger partial charge in [-0.25, -0.2) is 8.78 Å². The molecule has 20 heavy (non-hydrogen) atoms. The molecule has 106 valence electrons. The molecule has 0 amide bonds. The molecule has 2 N–H and O–H groups in total. The third kappa shape index (κ3) is 3.26. The molecule has 2 unspecified atom stereocenters. The fraction of sp³-hybridized carbons (Fsp3) is 0.200.